The number of pyridine rings is 2. The van der Waals surface area contributed by atoms with E-state index in [9.17, 15) is 4.79 Å². The monoisotopic (exact) mass is 313 g/mol. The van der Waals surface area contributed by atoms with Crippen LogP contribution >= 0.6 is 0 Å². The summed E-state index contributed by atoms with van der Waals surface area (Å²) < 4.78 is 0. The van der Waals surface area contributed by atoms with E-state index >= 15 is 0 Å². The van der Waals surface area contributed by atoms with Gasteiger partial charge in [0.2, 0.25) is 0 Å². The minimum atomic E-state index is -0.157. The number of carbonyl (C=O) groups is 1. The summed E-state index contributed by atoms with van der Waals surface area (Å²) in [5, 5.41) is 5.81. The molecule has 1 amide bonds. The van der Waals surface area contributed by atoms with Crippen LogP contribution in [0.15, 0.2) is 36.7 Å². The summed E-state index contributed by atoms with van der Waals surface area (Å²) in [5.74, 6) is 1.39. The lowest BCUT2D eigenvalue weighted by molar-refractivity contribution is 0.0963. The second-order valence-electron chi connectivity index (χ2n) is 5.03. The lowest BCUT2D eigenvalue weighted by Crippen LogP contribution is -2.23. The van der Waals surface area contributed by atoms with Crippen molar-refractivity contribution in [2.45, 2.75) is 20.4 Å². The highest BCUT2D eigenvalue weighted by atomic mass is 16.1. The molecule has 0 atom stereocenters. The molecular formula is C17H23N5O. The third kappa shape index (κ3) is 4.18. The molecule has 0 unspecified atom stereocenters. The molecule has 0 radical (unpaired) electrons. The highest BCUT2D eigenvalue weighted by Gasteiger charge is 2.10. The van der Waals surface area contributed by atoms with Crippen LogP contribution < -0.4 is 15.5 Å². The molecule has 0 spiro atoms. The molecular weight excluding hydrogens is 290 g/mol. The summed E-state index contributed by atoms with van der Waals surface area (Å²) in [4.78, 5) is 22.7. The van der Waals surface area contributed by atoms with Gasteiger partial charge in [0.1, 0.15) is 11.6 Å². The standard InChI is InChI=1S/C17H23N5O/c1-4-22(5-2)15-9-8-13(11-20-15)12-21-16-14(17(23)18-3)7-6-10-19-16/h6-11H,4-5,12H2,1-3H3,(H,18,23)(H,19,21). The molecule has 6 nitrogen and oxygen atoms in total. The second-order valence-corrected chi connectivity index (χ2v) is 5.03. The Kier molecular flexibility index (Phi) is 5.91. The van der Waals surface area contributed by atoms with Crippen LogP contribution in [0.5, 0.6) is 0 Å². The molecule has 0 aliphatic heterocycles. The predicted octanol–water partition coefficient (Wildman–Crippen LogP) is 2.29. The Hall–Kier alpha value is -2.63. The van der Waals surface area contributed by atoms with Crippen molar-refractivity contribution < 1.29 is 4.79 Å². The Balaban J connectivity index is 2.06. The molecule has 23 heavy (non-hydrogen) atoms. The Morgan fingerprint density at radius 3 is 2.57 bits per heavy atom. The normalized spacial score (nSPS) is 10.2. The fourth-order valence-electron chi connectivity index (χ4n) is 2.31. The van der Waals surface area contributed by atoms with Crippen LogP contribution in [-0.4, -0.2) is 36.0 Å². The van der Waals surface area contributed by atoms with Gasteiger partial charge in [0.25, 0.3) is 5.91 Å². The van der Waals surface area contributed by atoms with Crippen LogP contribution in [0.1, 0.15) is 29.8 Å². The Morgan fingerprint density at radius 1 is 1.17 bits per heavy atom. The Bertz CT molecular complexity index is 638. The van der Waals surface area contributed by atoms with Gasteiger partial charge in [-0.3, -0.25) is 4.79 Å². The van der Waals surface area contributed by atoms with Crippen LogP contribution in [0.3, 0.4) is 0 Å². The summed E-state index contributed by atoms with van der Waals surface area (Å²) >= 11 is 0. The van der Waals surface area contributed by atoms with E-state index in [4.69, 9.17) is 0 Å². The average molecular weight is 313 g/mol. The first-order chi connectivity index (χ1) is 11.2. The first-order valence-electron chi connectivity index (χ1n) is 7.80. The van der Waals surface area contributed by atoms with Gasteiger partial charge in [-0.2, -0.15) is 0 Å². The van der Waals surface area contributed by atoms with E-state index in [2.05, 4.69) is 39.3 Å². The highest BCUT2D eigenvalue weighted by Crippen LogP contribution is 2.14. The molecule has 0 fully saturated rings. The van der Waals surface area contributed by atoms with Crippen molar-refractivity contribution in [2.75, 3.05) is 30.4 Å². The van der Waals surface area contributed by atoms with E-state index in [0.717, 1.165) is 24.5 Å². The Morgan fingerprint density at radius 2 is 1.96 bits per heavy atom. The van der Waals surface area contributed by atoms with E-state index in [0.29, 0.717) is 17.9 Å². The number of aromatic nitrogens is 2. The maximum atomic E-state index is 11.8. The van der Waals surface area contributed by atoms with Gasteiger partial charge in [-0.05, 0) is 37.6 Å². The summed E-state index contributed by atoms with van der Waals surface area (Å²) in [6.07, 6.45) is 3.51. The first kappa shape index (κ1) is 16.7. The van der Waals surface area contributed by atoms with Gasteiger partial charge in [0, 0.05) is 39.1 Å². The van der Waals surface area contributed by atoms with E-state index < -0.39 is 0 Å². The average Bonchev–Trinajstić information content (AvgIpc) is 2.61. The van der Waals surface area contributed by atoms with Gasteiger partial charge < -0.3 is 15.5 Å². The molecule has 122 valence electrons. The smallest absolute Gasteiger partial charge is 0.254 e. The first-order valence-corrected chi connectivity index (χ1v) is 7.80. The maximum absolute atomic E-state index is 11.8. The SMILES string of the molecule is CCN(CC)c1ccc(CNc2ncccc2C(=O)NC)cn1. The highest BCUT2D eigenvalue weighted by molar-refractivity contribution is 5.98. The van der Waals surface area contributed by atoms with E-state index in [1.807, 2.05) is 18.3 Å². The van der Waals surface area contributed by atoms with Crippen LogP contribution in [0.2, 0.25) is 0 Å². The van der Waals surface area contributed by atoms with E-state index in [1.54, 1.807) is 25.4 Å². The van der Waals surface area contributed by atoms with Crippen molar-refractivity contribution in [1.82, 2.24) is 15.3 Å². The van der Waals surface area contributed by atoms with Gasteiger partial charge in [-0.25, -0.2) is 9.97 Å². The number of carbonyl (C=O) groups excluding carboxylic acids is 1. The molecule has 0 aliphatic rings. The fourth-order valence-corrected chi connectivity index (χ4v) is 2.31. The lowest BCUT2D eigenvalue weighted by Gasteiger charge is -2.19. The van der Waals surface area contributed by atoms with Gasteiger partial charge >= 0.3 is 0 Å². The number of anilines is 2. The molecule has 2 N–H and O–H groups in total. The summed E-state index contributed by atoms with van der Waals surface area (Å²) in [6, 6.07) is 7.55. The molecule has 0 saturated carbocycles. The zero-order chi connectivity index (χ0) is 16.7. The van der Waals surface area contributed by atoms with Gasteiger partial charge in [-0.15, -0.1) is 0 Å². The predicted molar refractivity (Wildman–Crippen MR) is 92.8 cm³/mol. The number of amides is 1. The number of hydrogen-bond acceptors (Lipinski definition) is 5. The molecule has 2 heterocycles. The summed E-state index contributed by atoms with van der Waals surface area (Å²) in [7, 11) is 1.61. The van der Waals surface area contributed by atoms with Crippen molar-refractivity contribution in [3.8, 4) is 0 Å². The molecule has 2 rings (SSSR count). The third-order valence-corrected chi connectivity index (χ3v) is 3.64. The lowest BCUT2D eigenvalue weighted by atomic mass is 10.2. The third-order valence-electron chi connectivity index (χ3n) is 3.64. The van der Waals surface area contributed by atoms with Crippen LogP contribution in [0.4, 0.5) is 11.6 Å². The largest absolute Gasteiger partial charge is 0.365 e. The van der Waals surface area contributed by atoms with Crippen LogP contribution in [0, 0.1) is 0 Å². The van der Waals surface area contributed by atoms with Crippen molar-refractivity contribution in [2.24, 2.45) is 0 Å². The minimum Gasteiger partial charge on any atom is -0.365 e. The zero-order valence-corrected chi connectivity index (χ0v) is 13.8. The van der Waals surface area contributed by atoms with E-state index in [-0.39, 0.29) is 5.91 Å². The van der Waals surface area contributed by atoms with Gasteiger partial charge in [0.05, 0.1) is 5.56 Å². The zero-order valence-electron chi connectivity index (χ0n) is 13.8. The second kappa shape index (κ2) is 8.12. The quantitative estimate of drug-likeness (QED) is 0.821. The van der Waals surface area contributed by atoms with Crippen molar-refractivity contribution >= 4 is 17.5 Å². The topological polar surface area (TPSA) is 70.2 Å². The molecule has 6 heteroatoms. The molecule has 0 bridgehead atoms. The molecule has 2 aromatic rings. The number of hydrogen-bond donors (Lipinski definition) is 2. The molecule has 0 aromatic carbocycles. The minimum absolute atomic E-state index is 0.157. The van der Waals surface area contributed by atoms with Gasteiger partial charge in [0.15, 0.2) is 0 Å². The molecule has 2 aromatic heterocycles. The Labute approximate surface area is 137 Å². The summed E-state index contributed by atoms with van der Waals surface area (Å²) in [5.41, 5.74) is 1.57. The maximum Gasteiger partial charge on any atom is 0.254 e. The number of nitrogens with one attached hydrogen (secondary N) is 2. The molecule has 0 aliphatic carbocycles. The molecule has 0 saturated heterocycles. The van der Waals surface area contributed by atoms with Crippen LogP contribution in [0.25, 0.3) is 0 Å². The van der Waals surface area contributed by atoms with Crippen molar-refractivity contribution in [1.29, 1.82) is 0 Å². The number of rotatable bonds is 7. The van der Waals surface area contributed by atoms with Crippen molar-refractivity contribution in [3.63, 3.8) is 0 Å². The fraction of sp³-hybridized carbons (Fsp3) is 0.353. The van der Waals surface area contributed by atoms with Crippen LogP contribution in [-0.2, 0) is 6.54 Å². The van der Waals surface area contributed by atoms with Gasteiger partial charge in [-0.1, -0.05) is 6.07 Å². The van der Waals surface area contributed by atoms with Crippen molar-refractivity contribution in [3.05, 3.63) is 47.8 Å². The van der Waals surface area contributed by atoms with E-state index in [1.165, 1.54) is 0 Å². The number of nitrogens with zero attached hydrogens (tertiary/aromatic N) is 3. The summed E-state index contributed by atoms with van der Waals surface area (Å²) in [6.45, 7) is 6.66.